The zero-order valence-electron chi connectivity index (χ0n) is 11.0. The molecule has 0 atom stereocenters. The Labute approximate surface area is 128 Å². The molecule has 2 rings (SSSR count). The molecule has 0 saturated carbocycles. The van der Waals surface area contributed by atoms with Gasteiger partial charge in [0.25, 0.3) is 5.91 Å². The molecule has 1 heterocycles. The van der Waals surface area contributed by atoms with E-state index in [1.807, 2.05) is 4.90 Å². The zero-order chi connectivity index (χ0) is 14.5. The number of nitrogens with zero attached hydrogens (tertiary/aromatic N) is 1. The average molecular weight is 315 g/mol. The molecule has 1 aromatic rings. The first kappa shape index (κ1) is 15.1. The number of carbonyl (C=O) groups excluding carboxylic acids is 2. The van der Waals surface area contributed by atoms with Crippen molar-refractivity contribution in [2.24, 2.45) is 0 Å². The normalized spacial score (nSPS) is 14.7. The first-order chi connectivity index (χ1) is 9.58. The van der Waals surface area contributed by atoms with Crippen molar-refractivity contribution in [3.8, 4) is 0 Å². The van der Waals surface area contributed by atoms with Gasteiger partial charge < -0.3 is 10.2 Å². The summed E-state index contributed by atoms with van der Waals surface area (Å²) >= 11 is 11.7. The van der Waals surface area contributed by atoms with Crippen molar-refractivity contribution in [2.45, 2.75) is 19.3 Å². The number of likely N-dealkylation sites (tertiary alicyclic amines) is 1. The molecule has 1 aromatic carbocycles. The summed E-state index contributed by atoms with van der Waals surface area (Å²) in [4.78, 5) is 25.2. The van der Waals surface area contributed by atoms with Gasteiger partial charge in [0.05, 0.1) is 10.6 Å². The highest BCUT2D eigenvalue weighted by molar-refractivity contribution is 6.36. The van der Waals surface area contributed by atoms with Crippen molar-refractivity contribution in [2.75, 3.05) is 19.6 Å². The van der Waals surface area contributed by atoms with Gasteiger partial charge in [-0.2, -0.15) is 0 Å². The quantitative estimate of drug-likeness (QED) is 0.850. The van der Waals surface area contributed by atoms with E-state index in [-0.39, 0.29) is 11.8 Å². The Bertz CT molecular complexity index is 520. The molecule has 0 radical (unpaired) electrons. The molecule has 1 aliphatic rings. The number of nitrogens with one attached hydrogen (secondary N) is 1. The van der Waals surface area contributed by atoms with Crippen LogP contribution in [0.1, 0.15) is 29.6 Å². The SMILES string of the molecule is O=C(NCCCN1CCCC1=O)c1ccc(Cl)cc1Cl. The lowest BCUT2D eigenvalue weighted by atomic mass is 10.2. The minimum Gasteiger partial charge on any atom is -0.352 e. The topological polar surface area (TPSA) is 49.4 Å². The second-order valence-corrected chi connectivity index (χ2v) is 5.56. The summed E-state index contributed by atoms with van der Waals surface area (Å²) in [6.45, 7) is 2.03. The van der Waals surface area contributed by atoms with E-state index in [9.17, 15) is 9.59 Å². The lowest BCUT2D eigenvalue weighted by molar-refractivity contribution is -0.127. The number of carbonyl (C=O) groups is 2. The van der Waals surface area contributed by atoms with E-state index in [2.05, 4.69) is 5.32 Å². The highest BCUT2D eigenvalue weighted by Gasteiger charge is 2.19. The standard InChI is InChI=1S/C14H16Cl2N2O2/c15-10-4-5-11(12(16)9-10)14(20)17-6-2-8-18-7-1-3-13(18)19/h4-5,9H,1-3,6-8H2,(H,17,20). The molecule has 0 aliphatic carbocycles. The van der Waals surface area contributed by atoms with Gasteiger partial charge in [-0.05, 0) is 31.0 Å². The summed E-state index contributed by atoms with van der Waals surface area (Å²) in [5, 5.41) is 3.63. The summed E-state index contributed by atoms with van der Waals surface area (Å²) in [6, 6.07) is 4.77. The third-order valence-electron chi connectivity index (χ3n) is 3.24. The van der Waals surface area contributed by atoms with Gasteiger partial charge in [-0.3, -0.25) is 9.59 Å². The monoisotopic (exact) mass is 314 g/mol. The van der Waals surface area contributed by atoms with Crippen LogP contribution in [0.2, 0.25) is 10.0 Å². The van der Waals surface area contributed by atoms with Gasteiger partial charge in [0.2, 0.25) is 5.91 Å². The van der Waals surface area contributed by atoms with E-state index in [0.717, 1.165) is 19.4 Å². The van der Waals surface area contributed by atoms with Gasteiger partial charge in [-0.1, -0.05) is 23.2 Å². The first-order valence-corrected chi connectivity index (χ1v) is 7.34. The van der Waals surface area contributed by atoms with Crippen LogP contribution >= 0.6 is 23.2 Å². The highest BCUT2D eigenvalue weighted by Crippen LogP contribution is 2.20. The van der Waals surface area contributed by atoms with Crippen molar-refractivity contribution < 1.29 is 9.59 Å². The molecule has 0 unspecified atom stereocenters. The molecule has 6 heteroatoms. The van der Waals surface area contributed by atoms with Crippen LogP contribution in [0.5, 0.6) is 0 Å². The minimum absolute atomic E-state index is 0.206. The maximum absolute atomic E-state index is 11.9. The molecule has 1 N–H and O–H groups in total. The summed E-state index contributed by atoms with van der Waals surface area (Å²) in [5.74, 6) is -0.0171. The zero-order valence-corrected chi connectivity index (χ0v) is 12.5. The molecule has 1 fully saturated rings. The number of hydrogen-bond donors (Lipinski definition) is 1. The molecule has 108 valence electrons. The minimum atomic E-state index is -0.223. The number of halogens is 2. The fourth-order valence-corrected chi connectivity index (χ4v) is 2.68. The van der Waals surface area contributed by atoms with Crippen molar-refractivity contribution >= 4 is 35.0 Å². The van der Waals surface area contributed by atoms with Gasteiger partial charge in [0.1, 0.15) is 0 Å². The van der Waals surface area contributed by atoms with Gasteiger partial charge in [-0.15, -0.1) is 0 Å². The van der Waals surface area contributed by atoms with E-state index in [1.165, 1.54) is 0 Å². The molecule has 4 nitrogen and oxygen atoms in total. The Hall–Kier alpha value is -1.26. The van der Waals surface area contributed by atoms with Gasteiger partial charge in [0.15, 0.2) is 0 Å². The Balaban J connectivity index is 1.76. The maximum Gasteiger partial charge on any atom is 0.252 e. The van der Waals surface area contributed by atoms with Crippen LogP contribution < -0.4 is 5.32 Å². The fraction of sp³-hybridized carbons (Fsp3) is 0.429. The van der Waals surface area contributed by atoms with Crippen LogP contribution in [0.4, 0.5) is 0 Å². The Morgan fingerprint density at radius 3 is 2.80 bits per heavy atom. The van der Waals surface area contributed by atoms with Gasteiger partial charge in [0, 0.05) is 31.1 Å². The Morgan fingerprint density at radius 1 is 1.35 bits per heavy atom. The van der Waals surface area contributed by atoms with Crippen molar-refractivity contribution in [1.29, 1.82) is 0 Å². The summed E-state index contributed by atoms with van der Waals surface area (Å²) in [6.07, 6.45) is 2.32. The lowest BCUT2D eigenvalue weighted by Gasteiger charge is -2.15. The van der Waals surface area contributed by atoms with Crippen LogP contribution in [0.25, 0.3) is 0 Å². The molecule has 1 aliphatic heterocycles. The number of rotatable bonds is 5. The Kier molecular flexibility index (Phi) is 5.26. The van der Waals surface area contributed by atoms with E-state index in [1.54, 1.807) is 18.2 Å². The van der Waals surface area contributed by atoms with E-state index < -0.39 is 0 Å². The lowest BCUT2D eigenvalue weighted by Crippen LogP contribution is -2.30. The van der Waals surface area contributed by atoms with Gasteiger partial charge >= 0.3 is 0 Å². The van der Waals surface area contributed by atoms with Crippen LogP contribution in [-0.4, -0.2) is 36.3 Å². The summed E-state index contributed by atoms with van der Waals surface area (Å²) in [7, 11) is 0. The number of benzene rings is 1. The third kappa shape index (κ3) is 3.87. The van der Waals surface area contributed by atoms with Crippen molar-refractivity contribution in [3.05, 3.63) is 33.8 Å². The molecule has 20 heavy (non-hydrogen) atoms. The summed E-state index contributed by atoms with van der Waals surface area (Å²) in [5.41, 5.74) is 0.410. The van der Waals surface area contributed by atoms with E-state index >= 15 is 0 Å². The molecule has 2 amide bonds. The largest absolute Gasteiger partial charge is 0.352 e. The smallest absolute Gasteiger partial charge is 0.252 e. The first-order valence-electron chi connectivity index (χ1n) is 6.59. The van der Waals surface area contributed by atoms with Crippen LogP contribution in [0.15, 0.2) is 18.2 Å². The third-order valence-corrected chi connectivity index (χ3v) is 3.79. The summed E-state index contributed by atoms with van der Waals surface area (Å²) < 4.78 is 0. The van der Waals surface area contributed by atoms with Crippen molar-refractivity contribution in [1.82, 2.24) is 10.2 Å². The van der Waals surface area contributed by atoms with Crippen LogP contribution in [-0.2, 0) is 4.79 Å². The highest BCUT2D eigenvalue weighted by atomic mass is 35.5. The predicted octanol–water partition coefficient (Wildman–Crippen LogP) is 2.74. The second kappa shape index (κ2) is 6.95. The predicted molar refractivity (Wildman–Crippen MR) is 79.2 cm³/mol. The maximum atomic E-state index is 11.9. The molecule has 0 bridgehead atoms. The average Bonchev–Trinajstić information content (AvgIpc) is 2.80. The van der Waals surface area contributed by atoms with Crippen LogP contribution in [0.3, 0.4) is 0 Å². The van der Waals surface area contributed by atoms with Crippen molar-refractivity contribution in [3.63, 3.8) is 0 Å². The number of amides is 2. The number of hydrogen-bond acceptors (Lipinski definition) is 2. The molecule has 0 aromatic heterocycles. The Morgan fingerprint density at radius 2 is 2.15 bits per heavy atom. The fourth-order valence-electron chi connectivity index (χ4n) is 2.18. The molecule has 0 spiro atoms. The van der Waals surface area contributed by atoms with E-state index in [4.69, 9.17) is 23.2 Å². The van der Waals surface area contributed by atoms with Crippen LogP contribution in [0, 0.1) is 0 Å². The van der Waals surface area contributed by atoms with Gasteiger partial charge in [-0.25, -0.2) is 0 Å². The second-order valence-electron chi connectivity index (χ2n) is 4.72. The van der Waals surface area contributed by atoms with E-state index in [0.29, 0.717) is 35.1 Å². The molecule has 1 saturated heterocycles. The molecular weight excluding hydrogens is 299 g/mol. The molecular formula is C14H16Cl2N2O2.